The highest BCUT2D eigenvalue weighted by atomic mass is 32.1. The van der Waals surface area contributed by atoms with Gasteiger partial charge < -0.3 is 14.2 Å². The molecule has 1 aliphatic rings. The summed E-state index contributed by atoms with van der Waals surface area (Å²) < 4.78 is 8.51. The minimum atomic E-state index is 0.144. The number of ether oxygens (including phenoxy) is 1. The number of carbonyl (C=O) groups is 1. The van der Waals surface area contributed by atoms with Gasteiger partial charge in [0.1, 0.15) is 5.82 Å². The summed E-state index contributed by atoms with van der Waals surface area (Å²) in [6, 6.07) is 10.2. The van der Waals surface area contributed by atoms with E-state index in [0.717, 1.165) is 48.6 Å². The van der Waals surface area contributed by atoms with E-state index in [1.165, 1.54) is 4.70 Å². The lowest BCUT2D eigenvalue weighted by Gasteiger charge is -2.32. The number of imidazole rings is 1. The molecule has 1 aliphatic heterocycles. The van der Waals surface area contributed by atoms with Crippen molar-refractivity contribution in [1.82, 2.24) is 14.5 Å². The third kappa shape index (κ3) is 3.39. The van der Waals surface area contributed by atoms with Crippen molar-refractivity contribution in [2.24, 2.45) is 0 Å². The van der Waals surface area contributed by atoms with Gasteiger partial charge in [0.05, 0.1) is 11.5 Å². The maximum Gasteiger partial charge on any atom is 0.263 e. The van der Waals surface area contributed by atoms with E-state index >= 15 is 0 Å². The van der Waals surface area contributed by atoms with E-state index in [0.29, 0.717) is 6.61 Å². The molecule has 2 aromatic heterocycles. The number of fused-ring (bicyclic) bond motifs is 1. The van der Waals surface area contributed by atoms with Crippen molar-refractivity contribution in [3.8, 4) is 0 Å². The first-order chi connectivity index (χ1) is 12.8. The molecule has 0 spiro atoms. The van der Waals surface area contributed by atoms with Gasteiger partial charge in [-0.15, -0.1) is 11.3 Å². The first-order valence-electron chi connectivity index (χ1n) is 9.04. The molecule has 1 atom stereocenters. The van der Waals surface area contributed by atoms with Crippen LogP contribution in [0.25, 0.3) is 10.1 Å². The minimum absolute atomic E-state index is 0.144. The monoisotopic (exact) mass is 369 g/mol. The fourth-order valence-electron chi connectivity index (χ4n) is 3.67. The molecule has 1 fully saturated rings. The van der Waals surface area contributed by atoms with Crippen LogP contribution in [0.3, 0.4) is 0 Å². The number of carbonyl (C=O) groups excluding carboxylic acids is 1. The van der Waals surface area contributed by atoms with Crippen molar-refractivity contribution in [1.29, 1.82) is 0 Å². The first-order valence-corrected chi connectivity index (χ1v) is 9.85. The lowest BCUT2D eigenvalue weighted by Crippen LogP contribution is -2.39. The van der Waals surface area contributed by atoms with Gasteiger partial charge in [0.2, 0.25) is 0 Å². The molecule has 1 saturated heterocycles. The summed E-state index contributed by atoms with van der Waals surface area (Å²) >= 11 is 1.58. The van der Waals surface area contributed by atoms with Gasteiger partial charge in [-0.05, 0) is 30.4 Å². The number of thiophene rings is 1. The Morgan fingerprint density at radius 1 is 1.38 bits per heavy atom. The van der Waals surface area contributed by atoms with Crippen LogP contribution in [0.15, 0.2) is 42.7 Å². The van der Waals surface area contributed by atoms with Crippen LogP contribution in [0.5, 0.6) is 0 Å². The van der Waals surface area contributed by atoms with E-state index in [1.807, 2.05) is 35.5 Å². The van der Waals surface area contributed by atoms with Gasteiger partial charge in [0.15, 0.2) is 0 Å². The number of nitrogens with zero attached hydrogens (tertiary/aromatic N) is 3. The number of hydrogen-bond donors (Lipinski definition) is 0. The number of aromatic nitrogens is 2. The number of likely N-dealkylation sites (tertiary alicyclic amines) is 1. The molecule has 0 N–H and O–H groups in total. The zero-order valence-corrected chi connectivity index (χ0v) is 15.7. The summed E-state index contributed by atoms with van der Waals surface area (Å²) in [5.74, 6) is 1.50. The Kier molecular flexibility index (Phi) is 5.04. The smallest absolute Gasteiger partial charge is 0.263 e. The molecule has 0 aliphatic carbocycles. The third-order valence-electron chi connectivity index (χ3n) is 4.99. The molecule has 0 radical (unpaired) electrons. The maximum atomic E-state index is 13.0. The van der Waals surface area contributed by atoms with E-state index in [2.05, 4.69) is 21.7 Å². The van der Waals surface area contributed by atoms with Crippen LogP contribution in [0.1, 0.15) is 34.3 Å². The van der Waals surface area contributed by atoms with E-state index in [-0.39, 0.29) is 11.8 Å². The van der Waals surface area contributed by atoms with Gasteiger partial charge in [-0.25, -0.2) is 4.98 Å². The van der Waals surface area contributed by atoms with Gasteiger partial charge in [-0.2, -0.15) is 0 Å². The van der Waals surface area contributed by atoms with Crippen molar-refractivity contribution in [3.05, 3.63) is 53.4 Å². The molecule has 0 unspecified atom stereocenters. The van der Waals surface area contributed by atoms with Crippen LogP contribution in [-0.2, 0) is 11.3 Å². The summed E-state index contributed by atoms with van der Waals surface area (Å²) in [6.45, 7) is 3.02. The Morgan fingerprint density at radius 2 is 2.27 bits per heavy atom. The van der Waals surface area contributed by atoms with Crippen molar-refractivity contribution >= 4 is 27.3 Å². The lowest BCUT2D eigenvalue weighted by molar-refractivity contribution is 0.0707. The molecule has 1 aromatic carbocycles. The van der Waals surface area contributed by atoms with Gasteiger partial charge in [0.25, 0.3) is 5.91 Å². The molecule has 1 amide bonds. The second kappa shape index (κ2) is 7.60. The molecule has 6 heteroatoms. The number of amides is 1. The zero-order valence-electron chi connectivity index (χ0n) is 14.9. The van der Waals surface area contributed by atoms with Gasteiger partial charge >= 0.3 is 0 Å². The van der Waals surface area contributed by atoms with Gasteiger partial charge in [-0.3, -0.25) is 4.79 Å². The van der Waals surface area contributed by atoms with Crippen LogP contribution >= 0.6 is 11.3 Å². The summed E-state index contributed by atoms with van der Waals surface area (Å²) in [6.07, 6.45) is 5.93. The summed E-state index contributed by atoms with van der Waals surface area (Å²) in [5.41, 5.74) is 0. The van der Waals surface area contributed by atoms with Crippen molar-refractivity contribution in [3.63, 3.8) is 0 Å². The Hall–Kier alpha value is -2.18. The number of hydrogen-bond acceptors (Lipinski definition) is 4. The largest absolute Gasteiger partial charge is 0.383 e. The van der Waals surface area contributed by atoms with E-state index < -0.39 is 0 Å². The number of rotatable bonds is 5. The van der Waals surface area contributed by atoms with E-state index in [4.69, 9.17) is 4.74 Å². The number of piperidine rings is 1. The van der Waals surface area contributed by atoms with Crippen molar-refractivity contribution in [2.45, 2.75) is 25.3 Å². The highest BCUT2D eigenvalue weighted by molar-refractivity contribution is 7.20. The topological polar surface area (TPSA) is 47.4 Å². The first kappa shape index (κ1) is 17.2. The molecule has 5 nitrogen and oxygen atoms in total. The second-order valence-corrected chi connectivity index (χ2v) is 7.79. The van der Waals surface area contributed by atoms with Gasteiger partial charge in [-0.1, -0.05) is 18.2 Å². The van der Waals surface area contributed by atoms with Gasteiger partial charge in [0, 0.05) is 49.8 Å². The van der Waals surface area contributed by atoms with Crippen LogP contribution in [0, 0.1) is 0 Å². The molecule has 136 valence electrons. The third-order valence-corrected chi connectivity index (χ3v) is 6.10. The molecule has 3 heterocycles. The fourth-order valence-corrected chi connectivity index (χ4v) is 4.71. The van der Waals surface area contributed by atoms with Crippen LogP contribution < -0.4 is 0 Å². The highest BCUT2D eigenvalue weighted by Crippen LogP contribution is 2.30. The van der Waals surface area contributed by atoms with Crippen molar-refractivity contribution in [2.75, 3.05) is 26.8 Å². The second-order valence-electron chi connectivity index (χ2n) is 6.71. The summed E-state index contributed by atoms with van der Waals surface area (Å²) in [4.78, 5) is 20.4. The van der Waals surface area contributed by atoms with Crippen LogP contribution in [0.4, 0.5) is 0 Å². The van der Waals surface area contributed by atoms with E-state index in [1.54, 1.807) is 18.4 Å². The molecule has 0 bridgehead atoms. The molecular formula is C20H23N3O2S. The molecule has 3 aromatic rings. The predicted octanol–water partition coefficient (Wildman–Crippen LogP) is 3.76. The summed E-state index contributed by atoms with van der Waals surface area (Å²) in [5, 5.41) is 1.14. The maximum absolute atomic E-state index is 13.0. The molecular weight excluding hydrogens is 346 g/mol. The lowest BCUT2D eigenvalue weighted by atomic mass is 9.97. The van der Waals surface area contributed by atoms with Crippen LogP contribution in [0.2, 0.25) is 0 Å². The van der Waals surface area contributed by atoms with E-state index in [9.17, 15) is 4.79 Å². The normalized spacial score (nSPS) is 17.7. The van der Waals surface area contributed by atoms with Crippen LogP contribution in [-0.4, -0.2) is 47.2 Å². The Balaban J connectivity index is 1.51. The zero-order chi connectivity index (χ0) is 17.9. The SMILES string of the molecule is COCCn1ccnc1[C@H]1CCCN(C(=O)c2cc3ccccc3s2)C1. The molecule has 4 rings (SSSR count). The average Bonchev–Trinajstić information content (AvgIpc) is 3.32. The van der Waals surface area contributed by atoms with Crippen molar-refractivity contribution < 1.29 is 9.53 Å². The molecule has 0 saturated carbocycles. The predicted molar refractivity (Wildman–Crippen MR) is 104 cm³/mol. The highest BCUT2D eigenvalue weighted by Gasteiger charge is 2.28. The summed E-state index contributed by atoms with van der Waals surface area (Å²) in [7, 11) is 1.71. The Morgan fingerprint density at radius 3 is 3.12 bits per heavy atom. The number of methoxy groups -OCH3 is 1. The minimum Gasteiger partial charge on any atom is -0.383 e. The Labute approximate surface area is 157 Å². The fraction of sp³-hybridized carbons (Fsp3) is 0.400. The Bertz CT molecular complexity index is 868. The molecule has 26 heavy (non-hydrogen) atoms. The number of benzene rings is 1. The standard InChI is InChI=1S/C20H23N3O2S/c1-25-12-11-22-10-8-21-19(22)16-6-4-9-23(14-16)20(24)18-13-15-5-2-3-7-17(15)26-18/h2-3,5,7-8,10,13,16H,4,6,9,11-12,14H2,1H3/t16-/m0/s1. The quantitative estimate of drug-likeness (QED) is 0.688. The average molecular weight is 369 g/mol.